The standard InChI is InChI=1S/C12H18N4O/c13-9-11(10-15-5-1-2-6-15)12(17)16-7-3-14-4-8-16/h10,14H,1-8H2/b11-10-. The fourth-order valence-corrected chi connectivity index (χ4v) is 2.22. The molecule has 2 aliphatic heterocycles. The quantitative estimate of drug-likeness (QED) is 0.536. The van der Waals surface area contributed by atoms with Crippen molar-refractivity contribution in [2.24, 2.45) is 0 Å². The normalized spacial score (nSPS) is 21.5. The minimum atomic E-state index is -0.124. The Labute approximate surface area is 102 Å². The highest BCUT2D eigenvalue weighted by atomic mass is 16.2. The van der Waals surface area contributed by atoms with Crippen molar-refractivity contribution in [2.75, 3.05) is 39.3 Å². The van der Waals surface area contributed by atoms with Crippen LogP contribution in [0.5, 0.6) is 0 Å². The van der Waals surface area contributed by atoms with Gasteiger partial charge in [-0.2, -0.15) is 5.26 Å². The molecule has 0 bridgehead atoms. The monoisotopic (exact) mass is 234 g/mol. The molecular formula is C12H18N4O. The Kier molecular flexibility index (Phi) is 3.99. The van der Waals surface area contributed by atoms with E-state index in [0.29, 0.717) is 13.1 Å². The Balaban J connectivity index is 2.01. The van der Waals surface area contributed by atoms with Crippen LogP contribution in [-0.4, -0.2) is 55.0 Å². The molecule has 2 saturated heterocycles. The largest absolute Gasteiger partial charge is 0.376 e. The third kappa shape index (κ3) is 2.98. The smallest absolute Gasteiger partial charge is 0.266 e. The highest BCUT2D eigenvalue weighted by molar-refractivity contribution is 5.97. The zero-order chi connectivity index (χ0) is 12.1. The van der Waals surface area contributed by atoms with Crippen LogP contribution < -0.4 is 5.32 Å². The maximum atomic E-state index is 12.1. The van der Waals surface area contributed by atoms with Crippen LogP contribution in [-0.2, 0) is 4.79 Å². The summed E-state index contributed by atoms with van der Waals surface area (Å²) >= 11 is 0. The van der Waals surface area contributed by atoms with Crippen molar-refractivity contribution in [3.05, 3.63) is 11.8 Å². The van der Waals surface area contributed by atoms with Crippen molar-refractivity contribution in [3.8, 4) is 6.07 Å². The Morgan fingerprint density at radius 3 is 2.41 bits per heavy atom. The number of piperazine rings is 1. The molecule has 5 nitrogen and oxygen atoms in total. The lowest BCUT2D eigenvalue weighted by Gasteiger charge is -2.27. The third-order valence-electron chi connectivity index (χ3n) is 3.21. The van der Waals surface area contributed by atoms with Gasteiger partial charge >= 0.3 is 0 Å². The molecule has 0 atom stereocenters. The number of nitriles is 1. The Morgan fingerprint density at radius 2 is 1.82 bits per heavy atom. The average molecular weight is 234 g/mol. The van der Waals surface area contributed by atoms with Gasteiger partial charge in [-0.25, -0.2) is 0 Å². The van der Waals surface area contributed by atoms with E-state index in [0.717, 1.165) is 39.0 Å². The summed E-state index contributed by atoms with van der Waals surface area (Å²) in [6.45, 7) is 4.93. The number of amides is 1. The summed E-state index contributed by atoms with van der Waals surface area (Å²) in [4.78, 5) is 15.9. The van der Waals surface area contributed by atoms with E-state index in [9.17, 15) is 4.79 Å². The molecule has 0 radical (unpaired) electrons. The molecule has 0 aromatic carbocycles. The Morgan fingerprint density at radius 1 is 1.18 bits per heavy atom. The van der Waals surface area contributed by atoms with Crippen LogP contribution >= 0.6 is 0 Å². The second-order valence-electron chi connectivity index (χ2n) is 4.44. The summed E-state index contributed by atoms with van der Waals surface area (Å²) in [6.07, 6.45) is 4.03. The minimum Gasteiger partial charge on any atom is -0.376 e. The minimum absolute atomic E-state index is 0.124. The lowest BCUT2D eigenvalue weighted by atomic mass is 10.2. The van der Waals surface area contributed by atoms with Crippen molar-refractivity contribution in [3.63, 3.8) is 0 Å². The van der Waals surface area contributed by atoms with Crippen LogP contribution in [0.15, 0.2) is 11.8 Å². The van der Waals surface area contributed by atoms with Gasteiger partial charge in [0.05, 0.1) is 0 Å². The Hall–Kier alpha value is -1.54. The zero-order valence-electron chi connectivity index (χ0n) is 9.98. The van der Waals surface area contributed by atoms with E-state index in [2.05, 4.69) is 10.2 Å². The van der Waals surface area contributed by atoms with Crippen molar-refractivity contribution >= 4 is 5.91 Å². The third-order valence-corrected chi connectivity index (χ3v) is 3.21. The first-order valence-corrected chi connectivity index (χ1v) is 6.17. The first kappa shape index (κ1) is 11.9. The number of carbonyl (C=O) groups is 1. The van der Waals surface area contributed by atoms with Gasteiger partial charge < -0.3 is 15.1 Å². The summed E-state index contributed by atoms with van der Waals surface area (Å²) < 4.78 is 0. The molecule has 2 fully saturated rings. The van der Waals surface area contributed by atoms with Gasteiger partial charge in [-0.05, 0) is 12.8 Å². The van der Waals surface area contributed by atoms with Gasteiger partial charge in [0.2, 0.25) is 0 Å². The maximum absolute atomic E-state index is 12.1. The van der Waals surface area contributed by atoms with Gasteiger partial charge in [-0.3, -0.25) is 4.79 Å². The van der Waals surface area contributed by atoms with E-state index in [4.69, 9.17) is 5.26 Å². The molecule has 1 amide bonds. The van der Waals surface area contributed by atoms with Crippen molar-refractivity contribution < 1.29 is 4.79 Å². The van der Waals surface area contributed by atoms with Gasteiger partial charge in [0.25, 0.3) is 5.91 Å². The first-order valence-electron chi connectivity index (χ1n) is 6.17. The van der Waals surface area contributed by atoms with Crippen LogP contribution in [0.3, 0.4) is 0 Å². The van der Waals surface area contributed by atoms with Crippen molar-refractivity contribution in [2.45, 2.75) is 12.8 Å². The highest BCUT2D eigenvalue weighted by Gasteiger charge is 2.21. The zero-order valence-corrected chi connectivity index (χ0v) is 9.98. The molecule has 1 N–H and O–H groups in total. The van der Waals surface area contributed by atoms with Gasteiger partial charge in [-0.15, -0.1) is 0 Å². The van der Waals surface area contributed by atoms with Crippen LogP contribution in [0, 0.1) is 11.3 Å². The lowest BCUT2D eigenvalue weighted by Crippen LogP contribution is -2.46. The molecule has 0 aliphatic carbocycles. The molecule has 2 heterocycles. The molecule has 0 aromatic heterocycles. The molecule has 2 rings (SSSR count). The van der Waals surface area contributed by atoms with Crippen LogP contribution in [0.1, 0.15) is 12.8 Å². The average Bonchev–Trinajstić information content (AvgIpc) is 2.89. The lowest BCUT2D eigenvalue weighted by molar-refractivity contribution is -0.127. The summed E-state index contributed by atoms with van der Waals surface area (Å²) in [5.41, 5.74) is 0.272. The second-order valence-corrected chi connectivity index (χ2v) is 4.44. The van der Waals surface area contributed by atoms with Gasteiger partial charge in [0.1, 0.15) is 11.6 Å². The van der Waals surface area contributed by atoms with Gasteiger partial charge in [0, 0.05) is 45.5 Å². The molecule has 0 saturated carbocycles. The first-order chi connectivity index (χ1) is 8.31. The van der Waals surface area contributed by atoms with E-state index >= 15 is 0 Å². The number of hydrogen-bond acceptors (Lipinski definition) is 4. The van der Waals surface area contributed by atoms with E-state index in [1.54, 1.807) is 11.1 Å². The fraction of sp³-hybridized carbons (Fsp3) is 0.667. The molecule has 92 valence electrons. The van der Waals surface area contributed by atoms with E-state index in [1.165, 1.54) is 0 Å². The van der Waals surface area contributed by atoms with Crippen molar-refractivity contribution in [1.82, 2.24) is 15.1 Å². The predicted molar refractivity (Wildman–Crippen MR) is 64.0 cm³/mol. The number of carbonyl (C=O) groups excluding carboxylic acids is 1. The van der Waals surface area contributed by atoms with Crippen molar-refractivity contribution in [1.29, 1.82) is 5.26 Å². The summed E-state index contributed by atoms with van der Waals surface area (Å²) in [7, 11) is 0. The molecule has 0 aromatic rings. The number of rotatable bonds is 2. The summed E-state index contributed by atoms with van der Waals surface area (Å²) in [6, 6.07) is 2.03. The predicted octanol–water partition coefficient (Wildman–Crippen LogP) is -0.0785. The SMILES string of the molecule is N#C/C(=C/N1CCCC1)C(=O)N1CCNCC1. The van der Waals surface area contributed by atoms with Crippen LogP contribution in [0.4, 0.5) is 0 Å². The van der Waals surface area contributed by atoms with Crippen LogP contribution in [0.25, 0.3) is 0 Å². The highest BCUT2D eigenvalue weighted by Crippen LogP contribution is 2.11. The summed E-state index contributed by atoms with van der Waals surface area (Å²) in [5.74, 6) is -0.124. The summed E-state index contributed by atoms with van der Waals surface area (Å²) in [5, 5.41) is 12.3. The number of nitrogens with zero attached hydrogens (tertiary/aromatic N) is 3. The molecule has 0 unspecified atom stereocenters. The Bertz CT molecular complexity index is 346. The molecular weight excluding hydrogens is 216 g/mol. The number of hydrogen-bond donors (Lipinski definition) is 1. The number of likely N-dealkylation sites (tertiary alicyclic amines) is 1. The molecule has 2 aliphatic rings. The van der Waals surface area contributed by atoms with E-state index in [-0.39, 0.29) is 11.5 Å². The van der Waals surface area contributed by atoms with E-state index < -0.39 is 0 Å². The van der Waals surface area contributed by atoms with E-state index in [1.807, 2.05) is 6.07 Å². The van der Waals surface area contributed by atoms with Crippen LogP contribution in [0.2, 0.25) is 0 Å². The number of nitrogens with one attached hydrogen (secondary N) is 1. The van der Waals surface area contributed by atoms with Gasteiger partial charge in [-0.1, -0.05) is 0 Å². The maximum Gasteiger partial charge on any atom is 0.266 e. The topological polar surface area (TPSA) is 59.4 Å². The molecule has 5 heteroatoms. The van der Waals surface area contributed by atoms with Gasteiger partial charge in [0.15, 0.2) is 0 Å². The fourth-order valence-electron chi connectivity index (χ4n) is 2.22. The molecule has 17 heavy (non-hydrogen) atoms. The second kappa shape index (κ2) is 5.69. The molecule has 0 spiro atoms.